The average molecular weight is 417 g/mol. The van der Waals surface area contributed by atoms with Gasteiger partial charge < -0.3 is 15.5 Å². The average Bonchev–Trinajstić information content (AvgIpc) is 3.33. The van der Waals surface area contributed by atoms with E-state index in [9.17, 15) is 15.0 Å². The van der Waals surface area contributed by atoms with Gasteiger partial charge in [0.1, 0.15) is 12.4 Å². The molecule has 0 saturated heterocycles. The van der Waals surface area contributed by atoms with Crippen LogP contribution in [0.3, 0.4) is 0 Å². The molecule has 0 radical (unpaired) electrons. The number of halogens is 2. The summed E-state index contributed by atoms with van der Waals surface area (Å²) in [6.45, 7) is 0.457. The van der Waals surface area contributed by atoms with Crippen LogP contribution in [-0.2, 0) is 6.54 Å². The molecule has 0 spiro atoms. The summed E-state index contributed by atoms with van der Waals surface area (Å²) in [4.78, 5) is 19.8. The first-order chi connectivity index (χ1) is 12.1. The van der Waals surface area contributed by atoms with Crippen LogP contribution in [0.15, 0.2) is 24.9 Å². The summed E-state index contributed by atoms with van der Waals surface area (Å²) in [6.07, 6.45) is 6.88. The molecule has 27 heavy (non-hydrogen) atoms. The van der Waals surface area contributed by atoms with Crippen LogP contribution in [0, 0.1) is 5.92 Å². The SMILES string of the molecule is Cl.Cl.O=C(N[C@@H]1C[C@H](Cn2cc(C3CC3)nn2)[C@@H](O)[C@H]1O)c1cncnc1. The molecule has 3 N–H and O–H groups in total. The number of carbonyl (C=O) groups excluding carboxylic acids is 1. The second-order valence-corrected chi connectivity index (χ2v) is 6.82. The van der Waals surface area contributed by atoms with Crippen molar-refractivity contribution in [1.82, 2.24) is 30.3 Å². The first-order valence-corrected chi connectivity index (χ1v) is 8.44. The van der Waals surface area contributed by atoms with Gasteiger partial charge in [0.05, 0.1) is 23.4 Å². The van der Waals surface area contributed by atoms with Crippen molar-refractivity contribution in [1.29, 1.82) is 0 Å². The number of carbonyl (C=O) groups is 1. The minimum Gasteiger partial charge on any atom is -0.390 e. The van der Waals surface area contributed by atoms with Gasteiger partial charge in [-0.15, -0.1) is 29.9 Å². The van der Waals surface area contributed by atoms with Gasteiger partial charge in [-0.2, -0.15) is 0 Å². The van der Waals surface area contributed by atoms with Gasteiger partial charge in [-0.3, -0.25) is 9.48 Å². The van der Waals surface area contributed by atoms with E-state index in [-0.39, 0.29) is 36.6 Å². The van der Waals surface area contributed by atoms with Crippen molar-refractivity contribution in [2.45, 2.75) is 50.0 Å². The Labute approximate surface area is 168 Å². The number of hydrogen-bond donors (Lipinski definition) is 3. The predicted octanol–water partition coefficient (Wildman–Crippen LogP) is 0.329. The maximum absolute atomic E-state index is 12.2. The Kier molecular flexibility index (Phi) is 7.10. The molecule has 0 aliphatic heterocycles. The van der Waals surface area contributed by atoms with E-state index in [0.29, 0.717) is 24.4 Å². The molecule has 2 fully saturated rings. The summed E-state index contributed by atoms with van der Waals surface area (Å²) in [5.41, 5.74) is 1.31. The van der Waals surface area contributed by atoms with Crippen LogP contribution in [0.5, 0.6) is 0 Å². The molecule has 0 bridgehead atoms. The van der Waals surface area contributed by atoms with Crippen molar-refractivity contribution >= 4 is 30.7 Å². The van der Waals surface area contributed by atoms with Gasteiger partial charge in [-0.1, -0.05) is 5.21 Å². The second-order valence-electron chi connectivity index (χ2n) is 6.82. The molecule has 2 aromatic rings. The molecule has 148 valence electrons. The van der Waals surface area contributed by atoms with Gasteiger partial charge in [-0.25, -0.2) is 9.97 Å². The lowest BCUT2D eigenvalue weighted by atomic mass is 10.1. The Bertz CT molecular complexity index is 758. The van der Waals surface area contributed by atoms with E-state index in [2.05, 4.69) is 25.6 Å². The third kappa shape index (κ3) is 4.73. The van der Waals surface area contributed by atoms with Crippen LogP contribution in [0.2, 0.25) is 0 Å². The van der Waals surface area contributed by atoms with Crippen LogP contribution >= 0.6 is 24.8 Å². The molecular formula is C16H22Cl2N6O3. The highest BCUT2D eigenvalue weighted by molar-refractivity contribution is 5.93. The summed E-state index contributed by atoms with van der Waals surface area (Å²) in [6, 6.07) is -0.529. The molecule has 2 saturated carbocycles. The van der Waals surface area contributed by atoms with Crippen LogP contribution in [0.25, 0.3) is 0 Å². The third-order valence-corrected chi connectivity index (χ3v) is 4.91. The van der Waals surface area contributed by atoms with E-state index in [0.717, 1.165) is 18.5 Å². The molecule has 2 aliphatic carbocycles. The Morgan fingerprint density at radius 3 is 2.56 bits per heavy atom. The number of amides is 1. The van der Waals surface area contributed by atoms with E-state index >= 15 is 0 Å². The fourth-order valence-corrected chi connectivity index (χ4v) is 3.33. The molecule has 1 amide bonds. The van der Waals surface area contributed by atoms with Gasteiger partial charge in [0.15, 0.2) is 0 Å². The predicted molar refractivity (Wildman–Crippen MR) is 99.9 cm³/mol. The maximum Gasteiger partial charge on any atom is 0.254 e. The van der Waals surface area contributed by atoms with Gasteiger partial charge in [0.2, 0.25) is 0 Å². The van der Waals surface area contributed by atoms with Crippen molar-refractivity contribution in [2.75, 3.05) is 0 Å². The number of nitrogens with one attached hydrogen (secondary N) is 1. The molecule has 4 rings (SSSR count). The van der Waals surface area contributed by atoms with Crippen molar-refractivity contribution in [3.05, 3.63) is 36.2 Å². The van der Waals surface area contributed by atoms with Crippen LogP contribution < -0.4 is 5.32 Å². The number of aliphatic hydroxyl groups is 2. The topological polar surface area (TPSA) is 126 Å². The summed E-state index contributed by atoms with van der Waals surface area (Å²) < 4.78 is 1.71. The van der Waals surface area contributed by atoms with Crippen molar-refractivity contribution in [3.8, 4) is 0 Å². The smallest absolute Gasteiger partial charge is 0.254 e. The first kappa shape index (κ1) is 21.5. The van der Waals surface area contributed by atoms with Gasteiger partial charge in [0.25, 0.3) is 5.91 Å². The molecule has 4 atom stereocenters. The summed E-state index contributed by atoms with van der Waals surface area (Å²) in [5, 5.41) is 31.6. The Morgan fingerprint density at radius 2 is 1.89 bits per heavy atom. The number of aliphatic hydroxyl groups excluding tert-OH is 2. The van der Waals surface area contributed by atoms with Crippen molar-refractivity contribution in [3.63, 3.8) is 0 Å². The molecule has 2 heterocycles. The largest absolute Gasteiger partial charge is 0.390 e. The lowest BCUT2D eigenvalue weighted by Gasteiger charge is -2.18. The summed E-state index contributed by atoms with van der Waals surface area (Å²) in [5.74, 6) is -0.0525. The van der Waals surface area contributed by atoms with Crippen LogP contribution in [0.1, 0.15) is 41.2 Å². The molecule has 0 aromatic carbocycles. The van der Waals surface area contributed by atoms with Gasteiger partial charge in [0, 0.05) is 37.0 Å². The highest BCUT2D eigenvalue weighted by Gasteiger charge is 2.42. The van der Waals surface area contributed by atoms with Crippen LogP contribution in [0.4, 0.5) is 0 Å². The zero-order valence-corrected chi connectivity index (χ0v) is 16.0. The molecule has 2 aromatic heterocycles. The molecule has 2 aliphatic rings. The van der Waals surface area contributed by atoms with E-state index in [1.54, 1.807) is 4.68 Å². The van der Waals surface area contributed by atoms with Gasteiger partial charge >= 0.3 is 0 Å². The zero-order valence-electron chi connectivity index (χ0n) is 14.4. The Morgan fingerprint density at radius 1 is 1.19 bits per heavy atom. The maximum atomic E-state index is 12.2. The third-order valence-electron chi connectivity index (χ3n) is 4.91. The van der Waals surface area contributed by atoms with Gasteiger partial charge in [-0.05, 0) is 19.3 Å². The minimum atomic E-state index is -1.02. The first-order valence-electron chi connectivity index (χ1n) is 8.44. The molecular weight excluding hydrogens is 395 g/mol. The number of aromatic nitrogens is 5. The fraction of sp³-hybridized carbons (Fsp3) is 0.562. The number of nitrogens with zero attached hydrogens (tertiary/aromatic N) is 5. The second kappa shape index (κ2) is 8.92. The normalized spacial score (nSPS) is 26.7. The highest BCUT2D eigenvalue weighted by atomic mass is 35.5. The zero-order chi connectivity index (χ0) is 17.4. The standard InChI is InChI=1S/C16H20N6O3.2ClH/c23-14-10(6-22-7-13(20-21-22)9-1-2-9)3-12(15(14)24)19-16(25)11-4-17-8-18-5-11;;/h4-5,7-10,12,14-15,23-24H,1-3,6H2,(H,19,25);2*1H/t10-,12-,14-,15+;;/m1../s1. The lowest BCUT2D eigenvalue weighted by Crippen LogP contribution is -2.43. The highest BCUT2D eigenvalue weighted by Crippen LogP contribution is 2.38. The lowest BCUT2D eigenvalue weighted by molar-refractivity contribution is 0.00761. The van der Waals surface area contributed by atoms with E-state index in [4.69, 9.17) is 0 Å². The number of rotatable bonds is 5. The summed E-state index contributed by atoms with van der Waals surface area (Å²) in [7, 11) is 0. The number of hydrogen-bond acceptors (Lipinski definition) is 7. The van der Waals surface area contributed by atoms with Crippen LogP contribution in [-0.4, -0.2) is 59.3 Å². The van der Waals surface area contributed by atoms with Crippen molar-refractivity contribution < 1.29 is 15.0 Å². The van der Waals surface area contributed by atoms with E-state index < -0.39 is 18.2 Å². The Hall–Kier alpha value is -1.81. The quantitative estimate of drug-likeness (QED) is 0.640. The van der Waals surface area contributed by atoms with Crippen molar-refractivity contribution in [2.24, 2.45) is 5.92 Å². The molecule has 11 heteroatoms. The minimum absolute atomic E-state index is 0. The monoisotopic (exact) mass is 416 g/mol. The molecule has 0 unspecified atom stereocenters. The fourth-order valence-electron chi connectivity index (χ4n) is 3.33. The van der Waals surface area contributed by atoms with E-state index in [1.807, 2.05) is 6.20 Å². The summed E-state index contributed by atoms with van der Waals surface area (Å²) >= 11 is 0. The molecule has 9 nitrogen and oxygen atoms in total. The Balaban J connectivity index is 0.00000131. The van der Waals surface area contributed by atoms with E-state index in [1.165, 1.54) is 18.7 Å².